The molecule has 0 aromatic heterocycles. The van der Waals surface area contributed by atoms with E-state index in [1.807, 2.05) is 6.08 Å². The summed E-state index contributed by atoms with van der Waals surface area (Å²) < 4.78 is 0. The lowest BCUT2D eigenvalue weighted by molar-refractivity contribution is 0.543. The molecule has 0 aliphatic rings. The SMILES string of the molecule is C=Cc1ccccc1C(C)NCCCCC.N. The summed E-state index contributed by atoms with van der Waals surface area (Å²) in [7, 11) is 0. The molecule has 0 fully saturated rings. The van der Waals surface area contributed by atoms with E-state index in [2.05, 4.69) is 50.0 Å². The number of rotatable bonds is 7. The highest BCUT2D eigenvalue weighted by atomic mass is 14.9. The fourth-order valence-electron chi connectivity index (χ4n) is 1.89. The van der Waals surface area contributed by atoms with Crippen LogP contribution in [0.5, 0.6) is 0 Å². The van der Waals surface area contributed by atoms with Crippen LogP contribution >= 0.6 is 0 Å². The molecule has 1 rings (SSSR count). The minimum absolute atomic E-state index is 0. The summed E-state index contributed by atoms with van der Waals surface area (Å²) >= 11 is 0. The zero-order chi connectivity index (χ0) is 11.8. The van der Waals surface area contributed by atoms with Crippen LogP contribution in [0.3, 0.4) is 0 Å². The molecule has 2 nitrogen and oxygen atoms in total. The van der Waals surface area contributed by atoms with Crippen molar-refractivity contribution in [2.75, 3.05) is 6.54 Å². The summed E-state index contributed by atoms with van der Waals surface area (Å²) in [6.07, 6.45) is 5.78. The first-order valence-electron chi connectivity index (χ1n) is 6.24. The highest BCUT2D eigenvalue weighted by molar-refractivity contribution is 5.52. The molecule has 1 unspecified atom stereocenters. The Labute approximate surface area is 106 Å². The molecule has 2 heteroatoms. The van der Waals surface area contributed by atoms with Crippen molar-refractivity contribution in [2.45, 2.75) is 39.2 Å². The van der Waals surface area contributed by atoms with Crippen LogP contribution < -0.4 is 11.5 Å². The van der Waals surface area contributed by atoms with Gasteiger partial charge in [0.15, 0.2) is 0 Å². The van der Waals surface area contributed by atoms with Crippen LogP contribution in [0.15, 0.2) is 30.8 Å². The number of nitrogens with one attached hydrogen (secondary N) is 1. The zero-order valence-electron chi connectivity index (χ0n) is 11.2. The summed E-state index contributed by atoms with van der Waals surface area (Å²) in [4.78, 5) is 0. The van der Waals surface area contributed by atoms with Crippen LogP contribution in [-0.2, 0) is 0 Å². The first-order chi connectivity index (χ1) is 7.79. The van der Waals surface area contributed by atoms with E-state index in [4.69, 9.17) is 0 Å². The Morgan fingerprint density at radius 3 is 2.65 bits per heavy atom. The Hall–Kier alpha value is -1.12. The first-order valence-corrected chi connectivity index (χ1v) is 6.24. The lowest BCUT2D eigenvalue weighted by Gasteiger charge is -2.16. The van der Waals surface area contributed by atoms with Gasteiger partial charge < -0.3 is 11.5 Å². The third kappa shape index (κ3) is 5.16. The molecule has 1 aromatic rings. The van der Waals surface area contributed by atoms with Gasteiger partial charge in [0.1, 0.15) is 0 Å². The fourth-order valence-corrected chi connectivity index (χ4v) is 1.89. The van der Waals surface area contributed by atoms with Gasteiger partial charge in [0, 0.05) is 6.04 Å². The summed E-state index contributed by atoms with van der Waals surface area (Å²) in [5, 5.41) is 3.56. The Morgan fingerprint density at radius 2 is 2.00 bits per heavy atom. The Kier molecular flexibility index (Phi) is 8.38. The molecule has 0 amide bonds. The van der Waals surface area contributed by atoms with Gasteiger partial charge in [-0.1, -0.05) is 56.7 Å². The first kappa shape index (κ1) is 15.9. The van der Waals surface area contributed by atoms with E-state index in [1.165, 1.54) is 30.4 Å². The fraction of sp³-hybridized carbons (Fsp3) is 0.467. The van der Waals surface area contributed by atoms with Crippen LogP contribution in [0.4, 0.5) is 0 Å². The number of unbranched alkanes of at least 4 members (excludes halogenated alkanes) is 2. The van der Waals surface area contributed by atoms with Gasteiger partial charge in [0.05, 0.1) is 0 Å². The maximum absolute atomic E-state index is 3.86. The van der Waals surface area contributed by atoms with Gasteiger partial charge in [-0.3, -0.25) is 0 Å². The predicted octanol–water partition coefficient (Wildman–Crippen LogP) is 4.33. The molecular formula is C15H26N2. The minimum Gasteiger partial charge on any atom is -0.344 e. The van der Waals surface area contributed by atoms with E-state index < -0.39 is 0 Å². The maximum Gasteiger partial charge on any atom is 0.0297 e. The molecule has 0 saturated heterocycles. The van der Waals surface area contributed by atoms with Crippen molar-refractivity contribution >= 4 is 6.08 Å². The van der Waals surface area contributed by atoms with Gasteiger partial charge in [0.2, 0.25) is 0 Å². The van der Waals surface area contributed by atoms with Gasteiger partial charge in [-0.15, -0.1) is 0 Å². The van der Waals surface area contributed by atoms with Gasteiger partial charge in [-0.25, -0.2) is 0 Å². The topological polar surface area (TPSA) is 47.0 Å². The van der Waals surface area contributed by atoms with Crippen LogP contribution in [0.25, 0.3) is 6.08 Å². The predicted molar refractivity (Wildman–Crippen MR) is 77.5 cm³/mol. The van der Waals surface area contributed by atoms with E-state index >= 15 is 0 Å². The van der Waals surface area contributed by atoms with Crippen molar-refractivity contribution in [3.63, 3.8) is 0 Å². The molecule has 0 spiro atoms. The van der Waals surface area contributed by atoms with Crippen molar-refractivity contribution in [3.8, 4) is 0 Å². The summed E-state index contributed by atoms with van der Waals surface area (Å²) in [5.74, 6) is 0. The molecule has 0 aliphatic carbocycles. The Bertz CT molecular complexity index is 320. The molecule has 4 N–H and O–H groups in total. The average molecular weight is 234 g/mol. The van der Waals surface area contributed by atoms with E-state index in [1.54, 1.807) is 0 Å². The molecule has 0 heterocycles. The van der Waals surface area contributed by atoms with Gasteiger partial charge >= 0.3 is 0 Å². The van der Waals surface area contributed by atoms with Crippen LogP contribution in [0, 0.1) is 0 Å². The lowest BCUT2D eigenvalue weighted by Crippen LogP contribution is -2.20. The van der Waals surface area contributed by atoms with Crippen LogP contribution in [0.2, 0.25) is 0 Å². The van der Waals surface area contributed by atoms with Crippen molar-refractivity contribution in [1.29, 1.82) is 0 Å². The summed E-state index contributed by atoms with van der Waals surface area (Å²) in [5.41, 5.74) is 2.58. The number of hydrogen-bond acceptors (Lipinski definition) is 2. The summed E-state index contributed by atoms with van der Waals surface area (Å²) in [6, 6.07) is 8.85. The van der Waals surface area contributed by atoms with Crippen molar-refractivity contribution in [1.82, 2.24) is 11.5 Å². The second kappa shape index (κ2) is 8.97. The van der Waals surface area contributed by atoms with Gasteiger partial charge in [0.25, 0.3) is 0 Å². The highest BCUT2D eigenvalue weighted by Gasteiger charge is 2.06. The molecule has 17 heavy (non-hydrogen) atoms. The van der Waals surface area contributed by atoms with Gasteiger partial charge in [-0.2, -0.15) is 0 Å². The van der Waals surface area contributed by atoms with Crippen LogP contribution in [0.1, 0.15) is 50.3 Å². The smallest absolute Gasteiger partial charge is 0.0297 e. The number of hydrogen-bond donors (Lipinski definition) is 2. The normalized spacial score (nSPS) is 11.6. The molecule has 0 aliphatic heterocycles. The molecule has 0 radical (unpaired) electrons. The third-order valence-corrected chi connectivity index (χ3v) is 2.91. The van der Waals surface area contributed by atoms with Gasteiger partial charge in [-0.05, 0) is 31.0 Å². The highest BCUT2D eigenvalue weighted by Crippen LogP contribution is 2.18. The largest absolute Gasteiger partial charge is 0.344 e. The molecule has 1 aromatic carbocycles. The Morgan fingerprint density at radius 1 is 1.29 bits per heavy atom. The molecule has 1 atom stereocenters. The average Bonchev–Trinajstić information content (AvgIpc) is 2.34. The van der Waals surface area contributed by atoms with E-state index in [0.29, 0.717) is 6.04 Å². The minimum atomic E-state index is 0. The maximum atomic E-state index is 3.86. The molecule has 96 valence electrons. The monoisotopic (exact) mass is 234 g/mol. The van der Waals surface area contributed by atoms with Crippen molar-refractivity contribution in [3.05, 3.63) is 42.0 Å². The number of benzene rings is 1. The van der Waals surface area contributed by atoms with E-state index in [0.717, 1.165) is 6.54 Å². The van der Waals surface area contributed by atoms with Crippen molar-refractivity contribution < 1.29 is 0 Å². The quantitative estimate of drug-likeness (QED) is 0.690. The van der Waals surface area contributed by atoms with Crippen molar-refractivity contribution in [2.24, 2.45) is 0 Å². The zero-order valence-corrected chi connectivity index (χ0v) is 11.2. The lowest BCUT2D eigenvalue weighted by atomic mass is 10.0. The molecule has 0 saturated carbocycles. The summed E-state index contributed by atoms with van der Waals surface area (Å²) in [6.45, 7) is 9.40. The second-order valence-corrected chi connectivity index (χ2v) is 4.22. The standard InChI is InChI=1S/C15H23N.H3N/c1-4-6-9-12-16-13(3)15-11-8-7-10-14(15)5-2;/h5,7-8,10-11,13,16H,2,4,6,9,12H2,1,3H3;1H3. The molecule has 0 bridgehead atoms. The molecular weight excluding hydrogens is 208 g/mol. The van der Waals surface area contributed by atoms with E-state index in [-0.39, 0.29) is 6.15 Å². The van der Waals surface area contributed by atoms with Crippen LogP contribution in [-0.4, -0.2) is 6.54 Å². The van der Waals surface area contributed by atoms with E-state index in [9.17, 15) is 0 Å². The Balaban J connectivity index is 0.00000256. The third-order valence-electron chi connectivity index (χ3n) is 2.91. The second-order valence-electron chi connectivity index (χ2n) is 4.22.